The van der Waals surface area contributed by atoms with Gasteiger partial charge in [-0.3, -0.25) is 0 Å². The molecule has 0 atom stereocenters. The van der Waals surface area contributed by atoms with Crippen molar-refractivity contribution in [3.8, 4) is 10.6 Å². The third-order valence-corrected chi connectivity index (χ3v) is 3.24. The Hall–Kier alpha value is -1.09. The summed E-state index contributed by atoms with van der Waals surface area (Å²) in [6.45, 7) is 8.49. The van der Waals surface area contributed by atoms with Crippen LogP contribution in [0.3, 0.4) is 0 Å². The van der Waals surface area contributed by atoms with E-state index in [0.29, 0.717) is 0 Å². The van der Waals surface area contributed by atoms with E-state index in [9.17, 15) is 0 Å². The van der Waals surface area contributed by atoms with Crippen LogP contribution >= 0.6 is 11.3 Å². The van der Waals surface area contributed by atoms with Crippen LogP contribution in [0.25, 0.3) is 10.6 Å². The molecule has 2 rings (SSSR count). The fourth-order valence-electron chi connectivity index (χ4n) is 1.35. The third kappa shape index (κ3) is 1.97. The van der Waals surface area contributed by atoms with E-state index in [2.05, 4.69) is 31.1 Å². The molecule has 2 aromatic rings. The van der Waals surface area contributed by atoms with Crippen LogP contribution in [-0.2, 0) is 5.41 Å². The molecule has 0 N–H and O–H groups in total. The monoisotopic (exact) mass is 221 g/mol. The molecule has 80 valence electrons. The predicted octanol–water partition coefficient (Wildman–Crippen LogP) is 4.01. The summed E-state index contributed by atoms with van der Waals surface area (Å²) in [6.07, 6.45) is 1.71. The molecule has 0 saturated carbocycles. The Balaban J connectivity index is 2.41. The highest BCUT2D eigenvalue weighted by Crippen LogP contribution is 2.31. The molecule has 0 aliphatic heterocycles. The summed E-state index contributed by atoms with van der Waals surface area (Å²) in [5, 5.41) is 3.17. The van der Waals surface area contributed by atoms with E-state index < -0.39 is 0 Å². The molecule has 2 heterocycles. The summed E-state index contributed by atoms with van der Waals surface area (Å²) in [7, 11) is 0. The van der Waals surface area contributed by atoms with Crippen molar-refractivity contribution < 1.29 is 4.42 Å². The van der Waals surface area contributed by atoms with Gasteiger partial charge in [-0.1, -0.05) is 20.8 Å². The van der Waals surface area contributed by atoms with Gasteiger partial charge in [-0.15, -0.1) is 11.3 Å². The second-order valence-electron chi connectivity index (χ2n) is 4.68. The van der Waals surface area contributed by atoms with Gasteiger partial charge in [-0.2, -0.15) is 0 Å². The van der Waals surface area contributed by atoms with Crippen molar-refractivity contribution in [1.82, 2.24) is 4.98 Å². The number of hydrogen-bond donors (Lipinski definition) is 0. The van der Waals surface area contributed by atoms with E-state index in [1.807, 2.05) is 13.0 Å². The topological polar surface area (TPSA) is 26.0 Å². The molecule has 2 nitrogen and oxygen atoms in total. The normalized spacial score (nSPS) is 12.0. The molecule has 0 unspecified atom stereocenters. The molecule has 0 saturated heterocycles. The Bertz CT molecular complexity index is 462. The molecule has 0 amide bonds. The van der Waals surface area contributed by atoms with Gasteiger partial charge in [0, 0.05) is 10.8 Å². The van der Waals surface area contributed by atoms with E-state index in [1.165, 1.54) is 0 Å². The van der Waals surface area contributed by atoms with E-state index >= 15 is 0 Å². The van der Waals surface area contributed by atoms with Crippen LogP contribution in [0.15, 0.2) is 22.1 Å². The third-order valence-electron chi connectivity index (χ3n) is 2.36. The van der Waals surface area contributed by atoms with Gasteiger partial charge in [0.2, 0.25) is 0 Å². The number of furan rings is 1. The number of aryl methyl sites for hydroxylation is 1. The highest BCUT2D eigenvalue weighted by molar-refractivity contribution is 7.13. The van der Waals surface area contributed by atoms with Gasteiger partial charge >= 0.3 is 0 Å². The lowest BCUT2D eigenvalue weighted by atomic mass is 9.93. The molecule has 0 spiro atoms. The minimum Gasteiger partial charge on any atom is -0.469 e. The zero-order valence-corrected chi connectivity index (χ0v) is 10.3. The van der Waals surface area contributed by atoms with Crippen molar-refractivity contribution in [3.05, 3.63) is 29.2 Å². The van der Waals surface area contributed by atoms with Crippen molar-refractivity contribution in [3.63, 3.8) is 0 Å². The first-order valence-electron chi connectivity index (χ1n) is 4.99. The zero-order valence-electron chi connectivity index (χ0n) is 9.50. The standard InChI is InChI=1S/C12H15NOS/c1-8-9(5-6-14-8)11-13-10(7-15-11)12(2,3)4/h5-7H,1-4H3. The second-order valence-corrected chi connectivity index (χ2v) is 5.54. The largest absolute Gasteiger partial charge is 0.469 e. The summed E-state index contributed by atoms with van der Waals surface area (Å²) in [4.78, 5) is 4.64. The Labute approximate surface area is 94.0 Å². The number of rotatable bonds is 1. The highest BCUT2D eigenvalue weighted by atomic mass is 32.1. The first kappa shape index (κ1) is 10.4. The first-order valence-corrected chi connectivity index (χ1v) is 5.87. The van der Waals surface area contributed by atoms with Crippen molar-refractivity contribution >= 4 is 11.3 Å². The summed E-state index contributed by atoms with van der Waals surface area (Å²) in [6, 6.07) is 1.97. The van der Waals surface area contributed by atoms with Crippen molar-refractivity contribution in [2.24, 2.45) is 0 Å². The van der Waals surface area contributed by atoms with E-state index in [0.717, 1.165) is 22.0 Å². The SMILES string of the molecule is Cc1occc1-c1nc(C(C)(C)C)cs1. The molecule has 0 radical (unpaired) electrons. The van der Waals surface area contributed by atoms with Gasteiger partial charge in [0.25, 0.3) is 0 Å². The summed E-state index contributed by atoms with van der Waals surface area (Å²) in [5.41, 5.74) is 2.37. The fourth-order valence-corrected chi connectivity index (χ4v) is 2.47. The zero-order chi connectivity index (χ0) is 11.1. The van der Waals surface area contributed by atoms with Gasteiger partial charge in [0.15, 0.2) is 0 Å². The molecule has 0 aliphatic carbocycles. The summed E-state index contributed by atoms with van der Waals surface area (Å²) < 4.78 is 5.28. The van der Waals surface area contributed by atoms with E-state index in [1.54, 1.807) is 17.6 Å². The van der Waals surface area contributed by atoms with Crippen LogP contribution in [0.4, 0.5) is 0 Å². The van der Waals surface area contributed by atoms with Crippen LogP contribution in [-0.4, -0.2) is 4.98 Å². The Morgan fingerprint density at radius 1 is 1.33 bits per heavy atom. The minimum absolute atomic E-state index is 0.117. The Kier molecular flexibility index (Phi) is 2.43. The van der Waals surface area contributed by atoms with Crippen molar-refractivity contribution in [1.29, 1.82) is 0 Å². The van der Waals surface area contributed by atoms with Crippen molar-refractivity contribution in [2.75, 3.05) is 0 Å². The molecule has 15 heavy (non-hydrogen) atoms. The number of nitrogens with zero attached hydrogens (tertiary/aromatic N) is 1. The number of thiazole rings is 1. The fraction of sp³-hybridized carbons (Fsp3) is 0.417. The van der Waals surface area contributed by atoms with Crippen LogP contribution in [0.2, 0.25) is 0 Å². The van der Waals surface area contributed by atoms with E-state index in [4.69, 9.17) is 4.42 Å². The predicted molar refractivity (Wildman–Crippen MR) is 63.3 cm³/mol. The second kappa shape index (κ2) is 3.49. The smallest absolute Gasteiger partial charge is 0.127 e. The minimum atomic E-state index is 0.117. The average Bonchev–Trinajstić information content (AvgIpc) is 2.69. The highest BCUT2D eigenvalue weighted by Gasteiger charge is 2.18. The maximum absolute atomic E-state index is 5.28. The van der Waals surface area contributed by atoms with Gasteiger partial charge in [0.05, 0.1) is 17.5 Å². The molecule has 2 aromatic heterocycles. The average molecular weight is 221 g/mol. The maximum Gasteiger partial charge on any atom is 0.127 e. The first-order chi connectivity index (χ1) is 6.98. The van der Waals surface area contributed by atoms with Crippen LogP contribution < -0.4 is 0 Å². The lowest BCUT2D eigenvalue weighted by molar-refractivity contribution is 0.535. The summed E-state index contributed by atoms with van der Waals surface area (Å²) >= 11 is 1.68. The lowest BCUT2D eigenvalue weighted by Crippen LogP contribution is -2.11. The van der Waals surface area contributed by atoms with Gasteiger partial charge in [-0.05, 0) is 13.0 Å². The quantitative estimate of drug-likeness (QED) is 0.727. The van der Waals surface area contributed by atoms with Crippen LogP contribution in [0.5, 0.6) is 0 Å². The number of hydrogen-bond acceptors (Lipinski definition) is 3. The van der Waals surface area contributed by atoms with Gasteiger partial charge in [-0.25, -0.2) is 4.98 Å². The lowest BCUT2D eigenvalue weighted by Gasteiger charge is -2.14. The summed E-state index contributed by atoms with van der Waals surface area (Å²) in [5.74, 6) is 0.935. The number of aromatic nitrogens is 1. The molecule has 0 aliphatic rings. The molecular formula is C12H15NOS. The van der Waals surface area contributed by atoms with Crippen molar-refractivity contribution in [2.45, 2.75) is 33.1 Å². The van der Waals surface area contributed by atoms with Crippen LogP contribution in [0, 0.1) is 6.92 Å². The Morgan fingerprint density at radius 2 is 2.07 bits per heavy atom. The molecule has 0 bridgehead atoms. The van der Waals surface area contributed by atoms with Gasteiger partial charge < -0.3 is 4.42 Å². The molecular weight excluding hydrogens is 206 g/mol. The molecule has 0 fully saturated rings. The molecule has 0 aromatic carbocycles. The Morgan fingerprint density at radius 3 is 2.53 bits per heavy atom. The maximum atomic E-state index is 5.28. The van der Waals surface area contributed by atoms with E-state index in [-0.39, 0.29) is 5.41 Å². The molecule has 3 heteroatoms. The van der Waals surface area contributed by atoms with Crippen LogP contribution in [0.1, 0.15) is 32.2 Å². The van der Waals surface area contributed by atoms with Gasteiger partial charge in [0.1, 0.15) is 10.8 Å².